The molecule has 0 fully saturated rings. The molecule has 0 spiro atoms. The van der Waals surface area contributed by atoms with Crippen molar-refractivity contribution in [2.45, 2.75) is 25.0 Å². The molecule has 0 radical (unpaired) electrons. The zero-order chi connectivity index (χ0) is 15.0. The van der Waals surface area contributed by atoms with Crippen LogP contribution < -0.4 is 11.1 Å². The molecule has 20 heavy (non-hydrogen) atoms. The molecule has 2 unspecified atom stereocenters. The maximum atomic E-state index is 11.9. The largest absolute Gasteiger partial charge is 0.382 e. The van der Waals surface area contributed by atoms with Gasteiger partial charge in [0.25, 0.3) is 0 Å². The lowest BCUT2D eigenvalue weighted by atomic mass is 9.86. The summed E-state index contributed by atoms with van der Waals surface area (Å²) in [6.45, 7) is 2.87. The first-order valence-electron chi connectivity index (χ1n) is 6.71. The number of benzene rings is 1. The van der Waals surface area contributed by atoms with Gasteiger partial charge in [0, 0.05) is 20.1 Å². The van der Waals surface area contributed by atoms with Gasteiger partial charge in [-0.1, -0.05) is 30.3 Å². The van der Waals surface area contributed by atoms with Crippen molar-refractivity contribution in [3.63, 3.8) is 0 Å². The lowest BCUT2D eigenvalue weighted by molar-refractivity contribution is -0.125. The number of likely N-dealkylation sites (N-methyl/N-ethyl adjacent to an activating group) is 1. The predicted octanol–water partition coefficient (Wildman–Crippen LogP) is 1.03. The number of nitrogens with two attached hydrogens (primary N) is 1. The minimum atomic E-state index is -0.909. The number of hydrogen-bond donors (Lipinski definition) is 2. The van der Waals surface area contributed by atoms with Crippen molar-refractivity contribution in [3.8, 4) is 0 Å². The summed E-state index contributed by atoms with van der Waals surface area (Å²) in [5.74, 6) is -0.408. The van der Waals surface area contributed by atoms with Gasteiger partial charge in [-0.25, -0.2) is 0 Å². The van der Waals surface area contributed by atoms with Crippen LogP contribution in [-0.4, -0.2) is 39.4 Å². The van der Waals surface area contributed by atoms with E-state index in [1.165, 1.54) is 0 Å². The van der Waals surface area contributed by atoms with Crippen LogP contribution in [-0.2, 0) is 19.8 Å². The fourth-order valence-electron chi connectivity index (χ4n) is 2.22. The van der Waals surface area contributed by atoms with Crippen molar-refractivity contribution in [3.05, 3.63) is 35.9 Å². The van der Waals surface area contributed by atoms with E-state index in [1.807, 2.05) is 37.3 Å². The zero-order valence-corrected chi connectivity index (χ0v) is 12.4. The third-order valence-electron chi connectivity index (χ3n) is 3.39. The first kappa shape index (κ1) is 16.6. The molecule has 0 aliphatic rings. The molecule has 2 atom stereocenters. The molecule has 1 aromatic rings. The first-order valence-corrected chi connectivity index (χ1v) is 6.71. The van der Waals surface area contributed by atoms with Crippen molar-refractivity contribution in [1.82, 2.24) is 5.32 Å². The average molecular weight is 280 g/mol. The number of carbonyl (C=O) groups excluding carboxylic acids is 1. The molecule has 0 aromatic heterocycles. The van der Waals surface area contributed by atoms with Crippen LogP contribution in [0.4, 0.5) is 0 Å². The number of methoxy groups -OCH3 is 1. The first-order chi connectivity index (χ1) is 9.56. The highest BCUT2D eigenvalue weighted by atomic mass is 16.5. The van der Waals surface area contributed by atoms with E-state index in [2.05, 4.69) is 5.32 Å². The topological polar surface area (TPSA) is 73.6 Å². The van der Waals surface area contributed by atoms with Crippen LogP contribution in [0.1, 0.15) is 18.9 Å². The average Bonchev–Trinajstić information content (AvgIpc) is 2.45. The molecule has 0 saturated heterocycles. The monoisotopic (exact) mass is 280 g/mol. The molecule has 0 aliphatic carbocycles. The summed E-state index contributed by atoms with van der Waals surface area (Å²) < 4.78 is 10.7. The van der Waals surface area contributed by atoms with Gasteiger partial charge in [0.1, 0.15) is 5.54 Å². The molecule has 3 N–H and O–H groups in total. The van der Waals surface area contributed by atoms with E-state index in [0.717, 1.165) is 5.56 Å². The third-order valence-corrected chi connectivity index (χ3v) is 3.39. The van der Waals surface area contributed by atoms with Crippen LogP contribution in [0.3, 0.4) is 0 Å². The van der Waals surface area contributed by atoms with Crippen molar-refractivity contribution < 1.29 is 14.3 Å². The van der Waals surface area contributed by atoms with Crippen molar-refractivity contribution >= 4 is 5.91 Å². The van der Waals surface area contributed by atoms with Gasteiger partial charge < -0.3 is 20.5 Å². The fourth-order valence-corrected chi connectivity index (χ4v) is 2.22. The normalized spacial score (nSPS) is 15.6. The van der Waals surface area contributed by atoms with Gasteiger partial charge in [-0.15, -0.1) is 0 Å². The van der Waals surface area contributed by atoms with E-state index in [4.69, 9.17) is 15.2 Å². The minimum Gasteiger partial charge on any atom is -0.382 e. The van der Waals surface area contributed by atoms with E-state index >= 15 is 0 Å². The Labute approximate surface area is 120 Å². The second kappa shape index (κ2) is 7.99. The molecule has 0 aliphatic heterocycles. The molecule has 1 rings (SSSR count). The zero-order valence-electron chi connectivity index (χ0n) is 12.4. The Hall–Kier alpha value is -1.43. The fraction of sp³-hybridized carbons (Fsp3) is 0.533. The molecule has 0 bridgehead atoms. The van der Waals surface area contributed by atoms with Gasteiger partial charge in [-0.2, -0.15) is 0 Å². The highest BCUT2D eigenvalue weighted by Gasteiger charge is 2.36. The second-order valence-electron chi connectivity index (χ2n) is 4.77. The number of ether oxygens (including phenoxy) is 2. The number of amides is 1. The van der Waals surface area contributed by atoms with Crippen LogP contribution >= 0.6 is 0 Å². The predicted molar refractivity (Wildman–Crippen MR) is 78.3 cm³/mol. The number of hydrogen-bond acceptors (Lipinski definition) is 4. The van der Waals surface area contributed by atoms with Gasteiger partial charge in [0.15, 0.2) is 0 Å². The summed E-state index contributed by atoms with van der Waals surface area (Å²) in [6, 6.07) is 9.46. The maximum absolute atomic E-state index is 11.9. The van der Waals surface area contributed by atoms with Crippen molar-refractivity contribution in [2.75, 3.05) is 27.4 Å². The van der Waals surface area contributed by atoms with E-state index in [0.29, 0.717) is 19.6 Å². The number of carbonyl (C=O) groups is 1. The van der Waals surface area contributed by atoms with Crippen molar-refractivity contribution in [2.24, 2.45) is 5.73 Å². The third kappa shape index (κ3) is 4.03. The summed E-state index contributed by atoms with van der Waals surface area (Å²) in [4.78, 5) is 11.9. The van der Waals surface area contributed by atoms with Gasteiger partial charge in [-0.3, -0.25) is 4.79 Å². The SMILES string of the molecule is CNC(CCOC(C)COC)(C(N)=O)c1ccccc1. The summed E-state index contributed by atoms with van der Waals surface area (Å²) in [7, 11) is 3.36. The minimum absolute atomic E-state index is 0.0155. The molecule has 0 heterocycles. The van der Waals surface area contributed by atoms with E-state index in [1.54, 1.807) is 14.2 Å². The van der Waals surface area contributed by atoms with E-state index in [9.17, 15) is 4.79 Å². The Morgan fingerprint density at radius 2 is 2.05 bits per heavy atom. The number of rotatable bonds is 9. The smallest absolute Gasteiger partial charge is 0.242 e. The number of nitrogens with one attached hydrogen (secondary N) is 1. The molecule has 0 saturated carbocycles. The Morgan fingerprint density at radius 3 is 2.55 bits per heavy atom. The Balaban J connectivity index is 2.78. The van der Waals surface area contributed by atoms with Crippen LogP contribution in [0.2, 0.25) is 0 Å². The Kier molecular flexibility index (Phi) is 6.64. The van der Waals surface area contributed by atoms with Crippen LogP contribution in [0.25, 0.3) is 0 Å². The molecular weight excluding hydrogens is 256 g/mol. The molecule has 1 amide bonds. The van der Waals surface area contributed by atoms with Crippen LogP contribution in [0.15, 0.2) is 30.3 Å². The standard InChI is InChI=1S/C15H24N2O3/c1-12(11-19-3)20-10-9-15(17-2,14(16)18)13-7-5-4-6-8-13/h4-8,12,17H,9-11H2,1-3H3,(H2,16,18). The van der Waals surface area contributed by atoms with Crippen LogP contribution in [0.5, 0.6) is 0 Å². The summed E-state index contributed by atoms with van der Waals surface area (Å²) >= 11 is 0. The van der Waals surface area contributed by atoms with E-state index < -0.39 is 11.4 Å². The maximum Gasteiger partial charge on any atom is 0.242 e. The second-order valence-corrected chi connectivity index (χ2v) is 4.77. The quantitative estimate of drug-likeness (QED) is 0.708. The van der Waals surface area contributed by atoms with Gasteiger partial charge in [0.05, 0.1) is 12.7 Å². The van der Waals surface area contributed by atoms with E-state index in [-0.39, 0.29) is 6.10 Å². The highest BCUT2D eigenvalue weighted by molar-refractivity contribution is 5.86. The summed E-state index contributed by atoms with van der Waals surface area (Å²) in [6.07, 6.45) is 0.454. The molecule has 112 valence electrons. The van der Waals surface area contributed by atoms with Crippen molar-refractivity contribution in [1.29, 1.82) is 0 Å². The van der Waals surface area contributed by atoms with Gasteiger partial charge in [0.2, 0.25) is 5.91 Å². The lowest BCUT2D eigenvalue weighted by Gasteiger charge is -2.31. The van der Waals surface area contributed by atoms with Crippen LogP contribution in [0, 0.1) is 0 Å². The lowest BCUT2D eigenvalue weighted by Crippen LogP contribution is -2.52. The van der Waals surface area contributed by atoms with Gasteiger partial charge >= 0.3 is 0 Å². The Bertz CT molecular complexity index is 411. The molecule has 1 aromatic carbocycles. The summed E-state index contributed by atoms with van der Waals surface area (Å²) in [5, 5.41) is 3.05. The summed E-state index contributed by atoms with van der Waals surface area (Å²) in [5.41, 5.74) is 5.54. The Morgan fingerprint density at radius 1 is 1.40 bits per heavy atom. The molecule has 5 nitrogen and oxygen atoms in total. The molecular formula is C15H24N2O3. The highest BCUT2D eigenvalue weighted by Crippen LogP contribution is 2.24. The van der Waals surface area contributed by atoms with Gasteiger partial charge in [-0.05, 0) is 19.5 Å². The number of primary amides is 1. The molecule has 5 heteroatoms.